The van der Waals surface area contributed by atoms with Gasteiger partial charge in [-0.1, -0.05) is 13.8 Å². The molecule has 0 saturated carbocycles. The van der Waals surface area contributed by atoms with E-state index >= 15 is 0 Å². The molecule has 0 bridgehead atoms. The first-order valence-corrected chi connectivity index (χ1v) is 4.70. The van der Waals surface area contributed by atoms with Crippen LogP contribution in [0.3, 0.4) is 0 Å². The van der Waals surface area contributed by atoms with E-state index in [0.717, 1.165) is 12.0 Å². The summed E-state index contributed by atoms with van der Waals surface area (Å²) < 4.78 is 4.84. The van der Waals surface area contributed by atoms with Gasteiger partial charge in [0.15, 0.2) is 11.5 Å². The minimum absolute atomic E-state index is 0.0113. The molecule has 0 saturated heterocycles. The van der Waals surface area contributed by atoms with E-state index in [9.17, 15) is 10.2 Å². The van der Waals surface area contributed by atoms with Crippen molar-refractivity contribution >= 4 is 0 Å². The number of hydrogen-bond acceptors (Lipinski definition) is 3. The Balaban J connectivity index is 3.13. The summed E-state index contributed by atoms with van der Waals surface area (Å²) in [6.45, 7) is 4.10. The van der Waals surface area contributed by atoms with Crippen molar-refractivity contribution in [3.8, 4) is 17.2 Å². The first kappa shape index (κ1) is 10.7. The Morgan fingerprint density at radius 2 is 1.79 bits per heavy atom. The van der Waals surface area contributed by atoms with Crippen LogP contribution in [-0.4, -0.2) is 17.3 Å². The Hall–Kier alpha value is -1.38. The number of phenols is 2. The van der Waals surface area contributed by atoms with Crippen LogP contribution in [-0.2, 0) is 0 Å². The first-order chi connectivity index (χ1) is 6.60. The smallest absolute Gasteiger partial charge is 0.202 e. The highest BCUT2D eigenvalue weighted by molar-refractivity contribution is 5.52. The van der Waals surface area contributed by atoms with Crippen LogP contribution in [0.1, 0.15) is 31.7 Å². The zero-order chi connectivity index (χ0) is 10.7. The summed E-state index contributed by atoms with van der Waals surface area (Å²) in [5.74, 6) is 0.431. The molecule has 0 fully saturated rings. The van der Waals surface area contributed by atoms with Crippen LogP contribution in [0.5, 0.6) is 17.2 Å². The molecule has 78 valence electrons. The molecule has 1 unspecified atom stereocenters. The van der Waals surface area contributed by atoms with Gasteiger partial charge in [-0.2, -0.15) is 0 Å². The lowest BCUT2D eigenvalue weighted by atomic mass is 9.98. The van der Waals surface area contributed by atoms with Crippen molar-refractivity contribution in [1.82, 2.24) is 0 Å². The maximum absolute atomic E-state index is 9.53. The first-order valence-electron chi connectivity index (χ1n) is 4.70. The Bertz CT molecular complexity index is 297. The Morgan fingerprint density at radius 3 is 2.14 bits per heavy atom. The van der Waals surface area contributed by atoms with Crippen LogP contribution >= 0.6 is 0 Å². The SMILES string of the molecule is CCC(C)c1cc(O)c(OC)c(O)c1. The average molecular weight is 196 g/mol. The molecule has 1 rings (SSSR count). The van der Waals surface area contributed by atoms with Crippen LogP contribution in [0.4, 0.5) is 0 Å². The van der Waals surface area contributed by atoms with Gasteiger partial charge >= 0.3 is 0 Å². The molecule has 1 atom stereocenters. The molecule has 3 heteroatoms. The standard InChI is InChI=1S/C11H16O3/c1-4-7(2)8-5-9(12)11(14-3)10(13)6-8/h5-7,12-13H,4H2,1-3H3. The number of benzene rings is 1. The Kier molecular flexibility index (Phi) is 3.23. The molecular weight excluding hydrogens is 180 g/mol. The van der Waals surface area contributed by atoms with E-state index < -0.39 is 0 Å². The fourth-order valence-corrected chi connectivity index (χ4v) is 1.35. The van der Waals surface area contributed by atoms with Gasteiger partial charge < -0.3 is 14.9 Å². The summed E-state index contributed by atoms with van der Waals surface area (Å²) in [6, 6.07) is 3.26. The van der Waals surface area contributed by atoms with Gasteiger partial charge in [-0.3, -0.25) is 0 Å². The van der Waals surface area contributed by atoms with Crippen molar-refractivity contribution in [2.45, 2.75) is 26.2 Å². The predicted octanol–water partition coefficient (Wildman–Crippen LogP) is 2.62. The summed E-state index contributed by atoms with van der Waals surface area (Å²) in [5.41, 5.74) is 0.920. The molecular formula is C11H16O3. The monoisotopic (exact) mass is 196 g/mol. The molecule has 0 spiro atoms. The third kappa shape index (κ3) is 1.92. The number of phenolic OH excluding ortho intramolecular Hbond substituents is 2. The maximum atomic E-state index is 9.53. The molecule has 0 aliphatic carbocycles. The fourth-order valence-electron chi connectivity index (χ4n) is 1.35. The second kappa shape index (κ2) is 4.22. The minimum Gasteiger partial charge on any atom is -0.504 e. The van der Waals surface area contributed by atoms with Crippen LogP contribution < -0.4 is 4.74 Å². The molecule has 0 aromatic heterocycles. The molecule has 1 aromatic rings. The van der Waals surface area contributed by atoms with E-state index in [2.05, 4.69) is 6.92 Å². The third-order valence-electron chi connectivity index (χ3n) is 2.46. The lowest BCUT2D eigenvalue weighted by molar-refractivity contribution is 0.343. The highest BCUT2D eigenvalue weighted by Gasteiger charge is 2.12. The summed E-state index contributed by atoms with van der Waals surface area (Å²) in [4.78, 5) is 0. The summed E-state index contributed by atoms with van der Waals surface area (Å²) in [5, 5.41) is 19.1. The summed E-state index contributed by atoms with van der Waals surface area (Å²) in [6.07, 6.45) is 0.964. The van der Waals surface area contributed by atoms with E-state index in [1.54, 1.807) is 12.1 Å². The van der Waals surface area contributed by atoms with Crippen LogP contribution in [0.2, 0.25) is 0 Å². The Morgan fingerprint density at radius 1 is 1.29 bits per heavy atom. The largest absolute Gasteiger partial charge is 0.504 e. The van der Waals surface area contributed by atoms with E-state index in [-0.39, 0.29) is 17.2 Å². The quantitative estimate of drug-likeness (QED) is 0.781. The lowest BCUT2D eigenvalue weighted by Gasteiger charge is -2.12. The van der Waals surface area contributed by atoms with Crippen molar-refractivity contribution in [2.75, 3.05) is 7.11 Å². The third-order valence-corrected chi connectivity index (χ3v) is 2.46. The van der Waals surface area contributed by atoms with Gasteiger partial charge in [0.2, 0.25) is 5.75 Å². The lowest BCUT2D eigenvalue weighted by Crippen LogP contribution is -1.93. The van der Waals surface area contributed by atoms with E-state index in [4.69, 9.17) is 4.74 Å². The van der Waals surface area contributed by atoms with Crippen molar-refractivity contribution < 1.29 is 14.9 Å². The highest BCUT2D eigenvalue weighted by atomic mass is 16.5. The van der Waals surface area contributed by atoms with Gasteiger partial charge in [0, 0.05) is 0 Å². The predicted molar refractivity (Wildman–Crippen MR) is 55.0 cm³/mol. The second-order valence-electron chi connectivity index (χ2n) is 3.40. The van der Waals surface area contributed by atoms with Gasteiger partial charge in [0.25, 0.3) is 0 Å². The molecule has 3 nitrogen and oxygen atoms in total. The van der Waals surface area contributed by atoms with Crippen LogP contribution in [0.15, 0.2) is 12.1 Å². The number of ether oxygens (including phenoxy) is 1. The van der Waals surface area contributed by atoms with Gasteiger partial charge in [-0.05, 0) is 30.0 Å². The number of rotatable bonds is 3. The zero-order valence-corrected chi connectivity index (χ0v) is 8.74. The van der Waals surface area contributed by atoms with E-state index in [0.29, 0.717) is 5.92 Å². The molecule has 0 radical (unpaired) electrons. The number of methoxy groups -OCH3 is 1. The molecule has 14 heavy (non-hydrogen) atoms. The Labute approximate surface area is 84.0 Å². The van der Waals surface area contributed by atoms with Crippen LogP contribution in [0.25, 0.3) is 0 Å². The number of hydrogen-bond donors (Lipinski definition) is 2. The molecule has 1 aromatic carbocycles. The average Bonchev–Trinajstić information content (AvgIpc) is 2.16. The molecule has 0 heterocycles. The van der Waals surface area contributed by atoms with Crippen molar-refractivity contribution in [3.63, 3.8) is 0 Å². The van der Waals surface area contributed by atoms with Gasteiger partial charge in [-0.15, -0.1) is 0 Å². The van der Waals surface area contributed by atoms with Crippen molar-refractivity contribution in [3.05, 3.63) is 17.7 Å². The molecule has 0 amide bonds. The summed E-state index contributed by atoms with van der Waals surface area (Å²) in [7, 11) is 1.41. The van der Waals surface area contributed by atoms with Crippen LogP contribution in [0, 0.1) is 0 Å². The van der Waals surface area contributed by atoms with Gasteiger partial charge in [0.1, 0.15) is 0 Å². The van der Waals surface area contributed by atoms with Crippen molar-refractivity contribution in [1.29, 1.82) is 0 Å². The minimum atomic E-state index is -0.0113. The van der Waals surface area contributed by atoms with Crippen molar-refractivity contribution in [2.24, 2.45) is 0 Å². The van der Waals surface area contributed by atoms with Gasteiger partial charge in [-0.25, -0.2) is 0 Å². The normalized spacial score (nSPS) is 12.5. The molecule has 0 aliphatic rings. The fraction of sp³-hybridized carbons (Fsp3) is 0.455. The molecule has 0 aliphatic heterocycles. The topological polar surface area (TPSA) is 49.7 Å². The zero-order valence-electron chi connectivity index (χ0n) is 8.74. The summed E-state index contributed by atoms with van der Waals surface area (Å²) >= 11 is 0. The highest BCUT2D eigenvalue weighted by Crippen LogP contribution is 2.38. The second-order valence-corrected chi connectivity index (χ2v) is 3.40. The maximum Gasteiger partial charge on any atom is 0.202 e. The van der Waals surface area contributed by atoms with Gasteiger partial charge in [0.05, 0.1) is 7.11 Å². The van der Waals surface area contributed by atoms with E-state index in [1.165, 1.54) is 7.11 Å². The molecule has 2 N–H and O–H groups in total. The van der Waals surface area contributed by atoms with E-state index in [1.807, 2.05) is 6.92 Å². The number of aromatic hydroxyl groups is 2.